The molecule has 0 spiro atoms. The fourth-order valence-corrected chi connectivity index (χ4v) is 1.30. The van der Waals surface area contributed by atoms with Crippen LogP contribution in [0.15, 0.2) is 11.1 Å². The van der Waals surface area contributed by atoms with Crippen molar-refractivity contribution < 1.29 is 9.90 Å². The second-order valence-corrected chi connectivity index (χ2v) is 4.35. The van der Waals surface area contributed by atoms with E-state index in [0.29, 0.717) is 19.1 Å². The Bertz CT molecular complexity index is 192. The van der Waals surface area contributed by atoms with Gasteiger partial charge in [0.05, 0.1) is 6.42 Å². The lowest BCUT2D eigenvalue weighted by Gasteiger charge is -2.25. The van der Waals surface area contributed by atoms with Gasteiger partial charge in [-0.2, -0.15) is 0 Å². The minimum atomic E-state index is -0.758. The molecule has 0 aliphatic carbocycles. The van der Waals surface area contributed by atoms with Crippen LogP contribution in [0.2, 0.25) is 0 Å². The fraction of sp³-hybridized carbons (Fsp3) is 0.667. The van der Waals surface area contributed by atoms with E-state index in [2.05, 4.69) is 27.4 Å². The lowest BCUT2D eigenvalue weighted by atomic mass is 10.3. The van der Waals surface area contributed by atoms with E-state index in [1.165, 1.54) is 0 Å². The van der Waals surface area contributed by atoms with Gasteiger partial charge in [-0.25, -0.2) is 0 Å². The Kier molecular flexibility index (Phi) is 5.99. The number of carbonyl (C=O) groups is 1. The van der Waals surface area contributed by atoms with Crippen molar-refractivity contribution in [2.24, 2.45) is 0 Å². The summed E-state index contributed by atoms with van der Waals surface area (Å²) in [5.41, 5.74) is 0. The minimum Gasteiger partial charge on any atom is -0.481 e. The van der Waals surface area contributed by atoms with Crippen LogP contribution in [0.5, 0.6) is 0 Å². The molecule has 76 valence electrons. The highest BCUT2D eigenvalue weighted by molar-refractivity contribution is 9.11. The summed E-state index contributed by atoms with van der Waals surface area (Å²) in [6.07, 6.45) is 0.179. The first-order chi connectivity index (χ1) is 5.93. The molecule has 0 heterocycles. The zero-order valence-electron chi connectivity index (χ0n) is 8.09. The van der Waals surface area contributed by atoms with E-state index in [1.54, 1.807) is 0 Å². The molecule has 0 saturated heterocycles. The third-order valence-corrected chi connectivity index (χ3v) is 1.97. The monoisotopic (exact) mass is 249 g/mol. The molecule has 13 heavy (non-hydrogen) atoms. The van der Waals surface area contributed by atoms with Crippen LogP contribution in [-0.4, -0.2) is 35.1 Å². The Morgan fingerprint density at radius 2 is 2.15 bits per heavy atom. The van der Waals surface area contributed by atoms with Gasteiger partial charge in [-0.05, 0) is 13.8 Å². The molecule has 0 amide bonds. The van der Waals surface area contributed by atoms with Gasteiger partial charge in [0.25, 0.3) is 0 Å². The van der Waals surface area contributed by atoms with Gasteiger partial charge in [0, 0.05) is 23.6 Å². The average molecular weight is 250 g/mol. The Labute approximate surface area is 87.6 Å². The van der Waals surface area contributed by atoms with Crippen molar-refractivity contribution in [2.75, 3.05) is 13.1 Å². The molecule has 0 radical (unpaired) electrons. The standard InChI is InChI=1S/C9H16BrNO2/c1-7(2)11(6-8(3)10)5-4-9(12)13/h7H,3-6H2,1-2H3,(H,12,13). The van der Waals surface area contributed by atoms with Crippen LogP contribution in [0.3, 0.4) is 0 Å². The molecule has 4 heteroatoms. The average Bonchev–Trinajstić information content (AvgIpc) is 1.96. The first-order valence-electron chi connectivity index (χ1n) is 4.22. The highest BCUT2D eigenvalue weighted by atomic mass is 79.9. The molecule has 0 aromatic carbocycles. The number of aliphatic carboxylic acids is 1. The Morgan fingerprint density at radius 1 is 1.62 bits per heavy atom. The molecule has 0 bridgehead atoms. The molecule has 0 aliphatic heterocycles. The van der Waals surface area contributed by atoms with Crippen molar-refractivity contribution in [2.45, 2.75) is 26.3 Å². The summed E-state index contributed by atoms with van der Waals surface area (Å²) in [7, 11) is 0. The van der Waals surface area contributed by atoms with E-state index in [0.717, 1.165) is 4.48 Å². The molecule has 0 saturated carbocycles. The number of hydrogen-bond donors (Lipinski definition) is 1. The van der Waals surface area contributed by atoms with Crippen LogP contribution in [-0.2, 0) is 4.79 Å². The molecule has 0 aliphatic rings. The summed E-state index contributed by atoms with van der Waals surface area (Å²) in [5.74, 6) is -0.758. The van der Waals surface area contributed by atoms with Crippen LogP contribution in [0, 0.1) is 0 Å². The molecule has 1 N–H and O–H groups in total. The second kappa shape index (κ2) is 6.16. The highest BCUT2D eigenvalue weighted by Gasteiger charge is 2.11. The SMILES string of the molecule is C=C(Br)CN(CCC(=O)O)C(C)C. The summed E-state index contributed by atoms with van der Waals surface area (Å²) in [6.45, 7) is 9.08. The first kappa shape index (κ1) is 12.7. The molecule has 0 aromatic heterocycles. The topological polar surface area (TPSA) is 40.5 Å². The summed E-state index contributed by atoms with van der Waals surface area (Å²) in [5, 5.41) is 8.52. The van der Waals surface area contributed by atoms with Crippen molar-refractivity contribution in [3.05, 3.63) is 11.1 Å². The van der Waals surface area contributed by atoms with Gasteiger partial charge in [-0.15, -0.1) is 0 Å². The molecule has 0 unspecified atom stereocenters. The molecule has 0 atom stereocenters. The third-order valence-electron chi connectivity index (χ3n) is 1.72. The maximum atomic E-state index is 10.4. The Hall–Kier alpha value is -0.350. The number of nitrogens with zero attached hydrogens (tertiary/aromatic N) is 1. The summed E-state index contributed by atoms with van der Waals surface area (Å²) in [6, 6.07) is 0.341. The van der Waals surface area contributed by atoms with E-state index in [-0.39, 0.29) is 6.42 Å². The lowest BCUT2D eigenvalue weighted by Crippen LogP contribution is -2.33. The van der Waals surface area contributed by atoms with E-state index >= 15 is 0 Å². The van der Waals surface area contributed by atoms with Gasteiger partial charge < -0.3 is 5.11 Å². The number of carboxylic acids is 1. The van der Waals surface area contributed by atoms with E-state index < -0.39 is 5.97 Å². The number of halogens is 1. The fourth-order valence-electron chi connectivity index (χ4n) is 0.979. The normalized spacial score (nSPS) is 10.8. The van der Waals surface area contributed by atoms with Crippen LogP contribution in [0.25, 0.3) is 0 Å². The smallest absolute Gasteiger partial charge is 0.304 e. The number of carboxylic acid groups (broad SMARTS) is 1. The first-order valence-corrected chi connectivity index (χ1v) is 5.02. The van der Waals surface area contributed by atoms with Gasteiger partial charge in [0.1, 0.15) is 0 Å². The quantitative estimate of drug-likeness (QED) is 0.784. The molecule has 0 fully saturated rings. The second-order valence-electron chi connectivity index (χ2n) is 3.23. The third kappa shape index (κ3) is 6.78. The summed E-state index contributed by atoms with van der Waals surface area (Å²) >= 11 is 3.27. The number of hydrogen-bond acceptors (Lipinski definition) is 2. The molecular formula is C9H16BrNO2. The van der Waals surface area contributed by atoms with Crippen LogP contribution in [0.1, 0.15) is 20.3 Å². The summed E-state index contributed by atoms with van der Waals surface area (Å²) in [4.78, 5) is 12.4. The highest BCUT2D eigenvalue weighted by Crippen LogP contribution is 2.08. The van der Waals surface area contributed by atoms with Crippen molar-refractivity contribution in [3.8, 4) is 0 Å². The predicted octanol–water partition coefficient (Wildman–Crippen LogP) is 2.08. The maximum absolute atomic E-state index is 10.4. The molecule has 0 aromatic rings. The van der Waals surface area contributed by atoms with Crippen molar-refractivity contribution in [3.63, 3.8) is 0 Å². The van der Waals surface area contributed by atoms with Gasteiger partial charge in [0.15, 0.2) is 0 Å². The van der Waals surface area contributed by atoms with E-state index in [4.69, 9.17) is 5.11 Å². The van der Waals surface area contributed by atoms with Gasteiger partial charge in [0.2, 0.25) is 0 Å². The van der Waals surface area contributed by atoms with E-state index in [1.807, 2.05) is 13.8 Å². The summed E-state index contributed by atoms with van der Waals surface area (Å²) < 4.78 is 0.881. The van der Waals surface area contributed by atoms with Gasteiger partial charge in [-0.3, -0.25) is 9.69 Å². The van der Waals surface area contributed by atoms with Crippen LogP contribution >= 0.6 is 15.9 Å². The van der Waals surface area contributed by atoms with Crippen molar-refractivity contribution in [1.29, 1.82) is 0 Å². The Balaban J connectivity index is 3.95. The zero-order valence-corrected chi connectivity index (χ0v) is 9.67. The predicted molar refractivity (Wildman–Crippen MR) is 57.0 cm³/mol. The maximum Gasteiger partial charge on any atom is 0.304 e. The molecule has 0 rings (SSSR count). The lowest BCUT2D eigenvalue weighted by molar-refractivity contribution is -0.137. The molecular weight excluding hydrogens is 234 g/mol. The largest absolute Gasteiger partial charge is 0.481 e. The van der Waals surface area contributed by atoms with Gasteiger partial charge >= 0.3 is 5.97 Å². The minimum absolute atomic E-state index is 0.179. The van der Waals surface area contributed by atoms with Crippen molar-refractivity contribution >= 4 is 21.9 Å². The van der Waals surface area contributed by atoms with Crippen LogP contribution in [0.4, 0.5) is 0 Å². The van der Waals surface area contributed by atoms with Crippen molar-refractivity contribution in [1.82, 2.24) is 4.90 Å². The van der Waals surface area contributed by atoms with Crippen LogP contribution < -0.4 is 0 Å². The zero-order chi connectivity index (χ0) is 10.4. The number of rotatable bonds is 6. The molecule has 3 nitrogen and oxygen atoms in total. The van der Waals surface area contributed by atoms with E-state index in [9.17, 15) is 4.79 Å². The van der Waals surface area contributed by atoms with Gasteiger partial charge in [-0.1, -0.05) is 22.5 Å². The Morgan fingerprint density at radius 3 is 2.46 bits per heavy atom.